The minimum absolute atomic E-state index is 0.0467. The quantitative estimate of drug-likeness (QED) is 0.191. The van der Waals surface area contributed by atoms with E-state index >= 15 is 0 Å². The van der Waals surface area contributed by atoms with Gasteiger partial charge in [0, 0.05) is 58.5 Å². The number of aromatic hydroxyl groups is 1. The van der Waals surface area contributed by atoms with Crippen LogP contribution in [0.4, 0.5) is 16.2 Å². The van der Waals surface area contributed by atoms with Crippen LogP contribution in [0.5, 0.6) is 5.75 Å². The third-order valence-electron chi connectivity index (χ3n) is 6.51. The van der Waals surface area contributed by atoms with E-state index in [1.54, 1.807) is 61.1 Å². The Morgan fingerprint density at radius 2 is 1.56 bits per heavy atom. The molecule has 1 aliphatic heterocycles. The number of carboxylic acids is 1. The number of carbonyl (C=O) groups excluding carboxylic acids is 1. The van der Waals surface area contributed by atoms with Crippen molar-refractivity contribution in [1.29, 1.82) is 0 Å². The number of pyridine rings is 2. The van der Waals surface area contributed by atoms with Gasteiger partial charge in [-0.1, -0.05) is 6.07 Å². The lowest BCUT2D eigenvalue weighted by molar-refractivity contribution is 0.0697. The number of hydrogen-bond donors (Lipinski definition) is 4. The molecular weight excluding hydrogens is 524 g/mol. The highest BCUT2D eigenvalue weighted by Crippen LogP contribution is 2.42. The number of carboxylic acid groups (broad SMARTS) is 1. The van der Waals surface area contributed by atoms with Gasteiger partial charge in [-0.05, 0) is 65.7 Å². The number of aromatic carboxylic acids is 1. The minimum Gasteiger partial charge on any atom is -0.508 e. The maximum Gasteiger partial charge on any atom is 0.336 e. The van der Waals surface area contributed by atoms with Gasteiger partial charge in [-0.3, -0.25) is 14.8 Å². The van der Waals surface area contributed by atoms with Gasteiger partial charge in [0.2, 0.25) is 0 Å². The molecule has 10 heteroatoms. The molecule has 4 N–H and O–H groups in total. The first-order valence-electron chi connectivity index (χ1n) is 12.4. The molecule has 2 aromatic carbocycles. The number of benzene rings is 3. The van der Waals surface area contributed by atoms with Crippen molar-refractivity contribution in [3.05, 3.63) is 113 Å². The Kier molecular flexibility index (Phi) is 6.33. The molecule has 0 saturated heterocycles. The molecule has 41 heavy (non-hydrogen) atoms. The van der Waals surface area contributed by atoms with Crippen molar-refractivity contribution in [2.24, 2.45) is 0 Å². The van der Waals surface area contributed by atoms with Gasteiger partial charge in [0.1, 0.15) is 17.1 Å². The molecule has 0 spiro atoms. The van der Waals surface area contributed by atoms with Gasteiger partial charge in [0.15, 0.2) is 5.43 Å². The number of nitrogens with zero attached hydrogens (tertiary/aromatic N) is 2. The second-order valence-electron chi connectivity index (χ2n) is 9.12. The van der Waals surface area contributed by atoms with Gasteiger partial charge >= 0.3 is 12.0 Å². The van der Waals surface area contributed by atoms with Crippen LogP contribution in [-0.2, 0) is 0 Å². The van der Waals surface area contributed by atoms with E-state index in [0.29, 0.717) is 27.8 Å². The number of urea groups is 1. The van der Waals surface area contributed by atoms with Gasteiger partial charge in [-0.15, -0.1) is 0 Å². The van der Waals surface area contributed by atoms with Gasteiger partial charge in [0.05, 0.1) is 17.4 Å². The van der Waals surface area contributed by atoms with E-state index in [4.69, 9.17) is 4.42 Å². The Morgan fingerprint density at radius 1 is 0.780 bits per heavy atom. The van der Waals surface area contributed by atoms with Crippen molar-refractivity contribution >= 4 is 34.3 Å². The van der Waals surface area contributed by atoms with Crippen molar-refractivity contribution in [1.82, 2.24) is 9.97 Å². The van der Waals surface area contributed by atoms with Crippen LogP contribution in [0, 0.1) is 0 Å². The average molecular weight is 545 g/mol. The number of phenolic OH excluding ortho intramolecular Hbond substituents is 1. The summed E-state index contributed by atoms with van der Waals surface area (Å²) < 4.78 is 5.86. The monoisotopic (exact) mass is 544 g/mol. The average Bonchev–Trinajstić information content (AvgIpc) is 2.96. The molecule has 200 valence electrons. The molecule has 2 amide bonds. The van der Waals surface area contributed by atoms with Crippen LogP contribution in [0.25, 0.3) is 44.5 Å². The Balaban J connectivity index is 1.38. The summed E-state index contributed by atoms with van der Waals surface area (Å²) in [6.07, 6.45) is 6.41. The molecule has 4 aromatic rings. The number of phenols is 1. The molecule has 3 heterocycles. The van der Waals surface area contributed by atoms with Crippen LogP contribution >= 0.6 is 0 Å². The predicted octanol–water partition coefficient (Wildman–Crippen LogP) is 6.07. The highest BCUT2D eigenvalue weighted by molar-refractivity contribution is 6.09. The van der Waals surface area contributed by atoms with E-state index in [2.05, 4.69) is 20.6 Å². The van der Waals surface area contributed by atoms with Crippen LogP contribution in [0.1, 0.15) is 10.4 Å². The topological polar surface area (TPSA) is 155 Å². The third-order valence-corrected chi connectivity index (χ3v) is 6.51. The van der Waals surface area contributed by atoms with Crippen molar-refractivity contribution in [2.75, 3.05) is 10.6 Å². The summed E-state index contributed by atoms with van der Waals surface area (Å²) >= 11 is 0. The van der Waals surface area contributed by atoms with E-state index in [9.17, 15) is 24.6 Å². The zero-order valence-electron chi connectivity index (χ0n) is 21.2. The molecule has 0 bridgehead atoms. The van der Waals surface area contributed by atoms with Gasteiger partial charge in [-0.25, -0.2) is 9.59 Å². The summed E-state index contributed by atoms with van der Waals surface area (Å²) in [7, 11) is 0. The predicted molar refractivity (Wildman–Crippen MR) is 153 cm³/mol. The molecule has 1 aliphatic carbocycles. The number of carbonyl (C=O) groups is 2. The van der Waals surface area contributed by atoms with E-state index in [-0.39, 0.29) is 33.8 Å². The fraction of sp³-hybridized carbons (Fsp3) is 0. The number of hydrogen-bond acceptors (Lipinski definition) is 7. The molecular formula is C31H20N4O6. The number of anilines is 2. The van der Waals surface area contributed by atoms with Crippen LogP contribution in [-0.4, -0.2) is 32.2 Å². The molecule has 2 aliphatic rings. The molecule has 0 saturated carbocycles. The van der Waals surface area contributed by atoms with E-state index in [1.807, 2.05) is 0 Å². The lowest BCUT2D eigenvalue weighted by atomic mass is 9.90. The summed E-state index contributed by atoms with van der Waals surface area (Å²) in [5, 5.41) is 26.1. The molecule has 10 nitrogen and oxygen atoms in total. The second kappa shape index (κ2) is 10.3. The maximum atomic E-state index is 12.9. The second-order valence-corrected chi connectivity index (χ2v) is 9.12. The highest BCUT2D eigenvalue weighted by Gasteiger charge is 2.22. The maximum absolute atomic E-state index is 12.9. The number of fused-ring (bicyclic) bond motifs is 2. The molecule has 0 fully saturated rings. The van der Waals surface area contributed by atoms with Gasteiger partial charge in [0.25, 0.3) is 0 Å². The minimum atomic E-state index is -1.22. The zero-order valence-corrected chi connectivity index (χ0v) is 21.2. The van der Waals surface area contributed by atoms with Crippen molar-refractivity contribution in [3.8, 4) is 39.3 Å². The van der Waals surface area contributed by atoms with E-state index in [1.165, 1.54) is 36.5 Å². The van der Waals surface area contributed by atoms with Crippen LogP contribution < -0.4 is 16.1 Å². The molecule has 2 aromatic heterocycles. The standard InChI is InChI=1S/C31H20N4O6/c36-19-2-5-23-27(14-19)41-28-15-20(37)3-6-24(28)29(23)22-4-1-18(13-25(22)30(38)39)34-31(40)35-26-16-33-12-9-21(26)17-7-10-32-11-8-17/h1-16,36H,(H,38,39)(H2,34,35,40). The normalized spacial score (nSPS) is 10.9. The fourth-order valence-corrected chi connectivity index (χ4v) is 4.73. The SMILES string of the molecule is O=C(Nc1ccc(-c2c3ccc(=O)cc-3oc3cc(O)ccc23)c(C(=O)O)c1)Nc1cnccc1-c1ccncc1. The molecule has 0 radical (unpaired) electrons. The fourth-order valence-electron chi connectivity index (χ4n) is 4.73. The Labute approximate surface area is 231 Å². The number of rotatable bonds is 5. The zero-order chi connectivity index (χ0) is 28.5. The summed E-state index contributed by atoms with van der Waals surface area (Å²) in [5.41, 5.74) is 3.54. The van der Waals surface area contributed by atoms with Gasteiger partial charge < -0.3 is 25.3 Å². The summed E-state index contributed by atoms with van der Waals surface area (Å²) in [5.74, 6) is -1.03. The smallest absolute Gasteiger partial charge is 0.336 e. The summed E-state index contributed by atoms with van der Waals surface area (Å²) in [6.45, 7) is 0. The lowest BCUT2D eigenvalue weighted by Gasteiger charge is -2.17. The van der Waals surface area contributed by atoms with Crippen molar-refractivity contribution in [2.45, 2.75) is 0 Å². The van der Waals surface area contributed by atoms with E-state index < -0.39 is 12.0 Å². The Bertz CT molecular complexity index is 1990. The van der Waals surface area contributed by atoms with Crippen molar-refractivity contribution in [3.63, 3.8) is 0 Å². The largest absolute Gasteiger partial charge is 0.508 e. The number of amides is 2. The Morgan fingerprint density at radius 3 is 2.37 bits per heavy atom. The lowest BCUT2D eigenvalue weighted by Crippen LogP contribution is -2.20. The summed E-state index contributed by atoms with van der Waals surface area (Å²) in [6, 6.07) is 18.0. The highest BCUT2D eigenvalue weighted by atomic mass is 16.4. The first-order chi connectivity index (χ1) is 19.9. The van der Waals surface area contributed by atoms with E-state index in [0.717, 1.165) is 11.1 Å². The molecule has 0 unspecified atom stereocenters. The number of nitrogens with one attached hydrogen (secondary N) is 2. The summed E-state index contributed by atoms with van der Waals surface area (Å²) in [4.78, 5) is 45.5. The molecule has 6 rings (SSSR count). The Hall–Kier alpha value is -6.03. The van der Waals surface area contributed by atoms with Crippen LogP contribution in [0.15, 0.2) is 107 Å². The van der Waals surface area contributed by atoms with Crippen molar-refractivity contribution < 1.29 is 24.2 Å². The van der Waals surface area contributed by atoms with Gasteiger partial charge in [-0.2, -0.15) is 0 Å². The first kappa shape index (κ1) is 25.3. The molecule has 0 atom stereocenters. The van der Waals surface area contributed by atoms with Crippen LogP contribution in [0.3, 0.4) is 0 Å². The van der Waals surface area contributed by atoms with Crippen LogP contribution in [0.2, 0.25) is 0 Å². The third kappa shape index (κ3) is 4.92. The first-order valence-corrected chi connectivity index (χ1v) is 12.4. The number of aromatic nitrogens is 2.